The number of H-pyrrole nitrogens is 1. The van der Waals surface area contributed by atoms with Gasteiger partial charge in [0.25, 0.3) is 0 Å². The highest BCUT2D eigenvalue weighted by molar-refractivity contribution is 5.90. The molecule has 1 N–H and O–H groups in total. The molecule has 2 aromatic carbocycles. The Bertz CT molecular complexity index is 983. The monoisotopic (exact) mass is 342 g/mol. The number of anilines is 1. The maximum absolute atomic E-state index is 9.59. The molecule has 2 heterocycles. The van der Waals surface area contributed by atoms with Gasteiger partial charge in [0.05, 0.1) is 16.6 Å². The molecule has 0 amide bonds. The van der Waals surface area contributed by atoms with E-state index in [1.165, 1.54) is 30.5 Å². The number of fused-ring (bicyclic) bond motifs is 1. The molecule has 4 nitrogen and oxygen atoms in total. The van der Waals surface area contributed by atoms with Crippen LogP contribution in [-0.4, -0.2) is 23.1 Å². The third kappa shape index (κ3) is 3.34. The first kappa shape index (κ1) is 16.4. The first-order valence-electron chi connectivity index (χ1n) is 9.16. The number of piperidine rings is 1. The molecular formula is C22H22N4. The molecule has 0 aliphatic carbocycles. The molecule has 0 radical (unpaired) electrons. The summed E-state index contributed by atoms with van der Waals surface area (Å²) in [6.45, 7) is 4.32. The maximum atomic E-state index is 9.59. The summed E-state index contributed by atoms with van der Waals surface area (Å²) in [5.74, 6) is 0.619. The number of aromatic nitrogens is 2. The van der Waals surface area contributed by atoms with E-state index in [9.17, 15) is 5.26 Å². The van der Waals surface area contributed by atoms with Crippen LogP contribution in [0.1, 0.15) is 36.2 Å². The molecule has 0 spiro atoms. The number of hydrogen-bond acceptors (Lipinski definition) is 3. The van der Waals surface area contributed by atoms with Crippen molar-refractivity contribution >= 4 is 28.4 Å². The van der Waals surface area contributed by atoms with Crippen molar-refractivity contribution in [1.29, 1.82) is 5.26 Å². The lowest BCUT2D eigenvalue weighted by atomic mass is 10.1. The fourth-order valence-corrected chi connectivity index (χ4v) is 3.50. The zero-order chi connectivity index (χ0) is 17.9. The van der Waals surface area contributed by atoms with Crippen molar-refractivity contribution in [2.45, 2.75) is 26.2 Å². The van der Waals surface area contributed by atoms with Gasteiger partial charge in [0, 0.05) is 18.8 Å². The highest BCUT2D eigenvalue weighted by Crippen LogP contribution is 2.23. The molecular weight excluding hydrogens is 320 g/mol. The van der Waals surface area contributed by atoms with Crippen molar-refractivity contribution in [2.24, 2.45) is 0 Å². The molecule has 1 saturated heterocycles. The maximum Gasteiger partial charge on any atom is 0.149 e. The fraction of sp³-hybridized carbons (Fsp3) is 0.273. The van der Waals surface area contributed by atoms with Gasteiger partial charge in [-0.05, 0) is 67.7 Å². The van der Waals surface area contributed by atoms with Crippen LogP contribution in [0.4, 0.5) is 5.69 Å². The molecule has 1 fully saturated rings. The van der Waals surface area contributed by atoms with Gasteiger partial charge >= 0.3 is 0 Å². The van der Waals surface area contributed by atoms with Crippen molar-refractivity contribution in [3.05, 3.63) is 59.4 Å². The fourth-order valence-electron chi connectivity index (χ4n) is 3.50. The summed E-state index contributed by atoms with van der Waals surface area (Å²) in [6.07, 6.45) is 5.77. The van der Waals surface area contributed by atoms with Crippen molar-refractivity contribution < 1.29 is 0 Å². The Morgan fingerprint density at radius 3 is 2.62 bits per heavy atom. The molecule has 4 heteroatoms. The van der Waals surface area contributed by atoms with E-state index in [1.54, 1.807) is 0 Å². The smallest absolute Gasteiger partial charge is 0.149 e. The van der Waals surface area contributed by atoms with Crippen LogP contribution in [0.2, 0.25) is 0 Å². The second kappa shape index (κ2) is 7.05. The van der Waals surface area contributed by atoms with Crippen LogP contribution in [0.15, 0.2) is 42.5 Å². The van der Waals surface area contributed by atoms with Gasteiger partial charge in [0.2, 0.25) is 0 Å². The highest BCUT2D eigenvalue weighted by atomic mass is 15.1. The topological polar surface area (TPSA) is 55.7 Å². The molecule has 130 valence electrons. The first-order valence-corrected chi connectivity index (χ1v) is 9.16. The van der Waals surface area contributed by atoms with E-state index in [-0.39, 0.29) is 0 Å². The van der Waals surface area contributed by atoms with E-state index in [4.69, 9.17) is 0 Å². The number of aryl methyl sites for hydroxylation is 1. The van der Waals surface area contributed by atoms with Crippen LogP contribution in [0.3, 0.4) is 0 Å². The lowest BCUT2D eigenvalue weighted by Crippen LogP contribution is -2.29. The summed E-state index contributed by atoms with van der Waals surface area (Å²) in [5, 5.41) is 9.59. The predicted molar refractivity (Wildman–Crippen MR) is 107 cm³/mol. The van der Waals surface area contributed by atoms with Gasteiger partial charge < -0.3 is 9.88 Å². The van der Waals surface area contributed by atoms with Gasteiger partial charge in [-0.1, -0.05) is 18.2 Å². The summed E-state index contributed by atoms with van der Waals surface area (Å²) in [4.78, 5) is 10.3. The summed E-state index contributed by atoms with van der Waals surface area (Å²) >= 11 is 0. The minimum absolute atomic E-state index is 0.546. The zero-order valence-electron chi connectivity index (χ0n) is 15.0. The predicted octanol–water partition coefficient (Wildman–Crippen LogP) is 4.93. The lowest BCUT2D eigenvalue weighted by molar-refractivity contribution is 0.578. The molecule has 1 aliphatic rings. The van der Waals surface area contributed by atoms with Crippen molar-refractivity contribution in [1.82, 2.24) is 9.97 Å². The summed E-state index contributed by atoms with van der Waals surface area (Å²) in [5.41, 5.74) is 5.83. The Hall–Kier alpha value is -3.06. The summed E-state index contributed by atoms with van der Waals surface area (Å²) < 4.78 is 0. The number of hydrogen-bond donors (Lipinski definition) is 1. The number of nitrogens with one attached hydrogen (secondary N) is 1. The average Bonchev–Trinajstić information content (AvgIpc) is 3.10. The summed E-state index contributed by atoms with van der Waals surface area (Å²) in [7, 11) is 0. The van der Waals surface area contributed by atoms with Crippen molar-refractivity contribution in [3.8, 4) is 6.07 Å². The van der Waals surface area contributed by atoms with Crippen molar-refractivity contribution in [2.75, 3.05) is 18.0 Å². The van der Waals surface area contributed by atoms with Gasteiger partial charge in [-0.15, -0.1) is 0 Å². The summed E-state index contributed by atoms with van der Waals surface area (Å²) in [6, 6.07) is 16.8. The quantitative estimate of drug-likeness (QED) is 0.687. The Morgan fingerprint density at radius 2 is 1.88 bits per heavy atom. The SMILES string of the molecule is Cc1ccc2nc(C(C#N)=Cc3ccc(N4CCCCC4)cc3)[nH]c2c1. The van der Waals surface area contributed by atoms with Gasteiger partial charge in [0.1, 0.15) is 11.9 Å². The Morgan fingerprint density at radius 1 is 1.12 bits per heavy atom. The number of rotatable bonds is 3. The number of aromatic amines is 1. The molecule has 1 aliphatic heterocycles. The molecule has 1 aromatic heterocycles. The van der Waals surface area contributed by atoms with Crippen LogP contribution in [0.5, 0.6) is 0 Å². The zero-order valence-corrected chi connectivity index (χ0v) is 15.0. The molecule has 26 heavy (non-hydrogen) atoms. The third-order valence-electron chi connectivity index (χ3n) is 4.94. The van der Waals surface area contributed by atoms with E-state index in [2.05, 4.69) is 45.2 Å². The minimum atomic E-state index is 0.546. The van der Waals surface area contributed by atoms with E-state index in [1.807, 2.05) is 31.2 Å². The molecule has 3 aromatic rings. The van der Waals surface area contributed by atoms with Crippen molar-refractivity contribution in [3.63, 3.8) is 0 Å². The Labute approximate surface area is 153 Å². The molecule has 0 saturated carbocycles. The van der Waals surface area contributed by atoms with Crippen LogP contribution in [0, 0.1) is 18.3 Å². The number of nitrogens with zero attached hydrogens (tertiary/aromatic N) is 3. The number of imidazole rings is 1. The van der Waals surface area contributed by atoms with Crippen LogP contribution >= 0.6 is 0 Å². The van der Waals surface area contributed by atoms with Crippen LogP contribution < -0.4 is 4.90 Å². The average molecular weight is 342 g/mol. The van der Waals surface area contributed by atoms with Gasteiger partial charge in [0.15, 0.2) is 0 Å². The molecule has 0 bridgehead atoms. The second-order valence-corrected chi connectivity index (χ2v) is 6.92. The normalized spacial score (nSPS) is 15.2. The molecule has 0 atom stereocenters. The minimum Gasteiger partial charge on any atom is -0.372 e. The number of nitriles is 1. The molecule has 0 unspecified atom stereocenters. The second-order valence-electron chi connectivity index (χ2n) is 6.92. The third-order valence-corrected chi connectivity index (χ3v) is 4.94. The Balaban J connectivity index is 1.61. The van der Waals surface area contributed by atoms with Crippen LogP contribution in [0.25, 0.3) is 22.7 Å². The lowest BCUT2D eigenvalue weighted by Gasteiger charge is -2.28. The van der Waals surface area contributed by atoms with E-state index >= 15 is 0 Å². The van der Waals surface area contributed by atoms with E-state index in [0.717, 1.165) is 29.7 Å². The largest absolute Gasteiger partial charge is 0.372 e. The highest BCUT2D eigenvalue weighted by Gasteiger charge is 2.11. The van der Waals surface area contributed by atoms with Crippen LogP contribution in [-0.2, 0) is 0 Å². The standard InChI is InChI=1S/C22H22N4/c1-16-5-10-20-21(13-16)25-22(24-20)18(15-23)14-17-6-8-19(9-7-17)26-11-3-2-4-12-26/h5-10,13-14H,2-4,11-12H2,1H3,(H,24,25). The van der Waals surface area contributed by atoms with E-state index < -0.39 is 0 Å². The van der Waals surface area contributed by atoms with Gasteiger partial charge in [-0.3, -0.25) is 0 Å². The van der Waals surface area contributed by atoms with E-state index in [0.29, 0.717) is 11.4 Å². The first-order chi connectivity index (χ1) is 12.7. The number of allylic oxidation sites excluding steroid dienone is 1. The van der Waals surface area contributed by atoms with Gasteiger partial charge in [-0.25, -0.2) is 4.98 Å². The molecule has 4 rings (SSSR count). The Kier molecular flexibility index (Phi) is 4.45. The number of benzene rings is 2. The van der Waals surface area contributed by atoms with Gasteiger partial charge in [-0.2, -0.15) is 5.26 Å².